The topological polar surface area (TPSA) is 69.5 Å². The molecule has 0 aliphatic carbocycles. The predicted molar refractivity (Wildman–Crippen MR) is 87.9 cm³/mol. The molecule has 1 amide bonds. The highest BCUT2D eigenvalue weighted by molar-refractivity contribution is 5.87. The molecule has 1 N–H and O–H groups in total. The smallest absolute Gasteiger partial charge is 0.302 e. The van der Waals surface area contributed by atoms with E-state index in [0.29, 0.717) is 0 Å². The number of aromatic nitrogens is 3. The number of anilines is 1. The van der Waals surface area contributed by atoms with E-state index in [1.54, 1.807) is 0 Å². The van der Waals surface area contributed by atoms with Crippen LogP contribution >= 0.6 is 0 Å². The van der Waals surface area contributed by atoms with Gasteiger partial charge in [-0.3, -0.25) is 4.79 Å². The molecule has 1 aliphatic rings. The molecule has 0 saturated carbocycles. The Balaban J connectivity index is 2.55. The van der Waals surface area contributed by atoms with Gasteiger partial charge in [-0.05, 0) is 18.4 Å². The summed E-state index contributed by atoms with van der Waals surface area (Å²) >= 11 is 0. The van der Waals surface area contributed by atoms with Crippen molar-refractivity contribution in [2.75, 3.05) is 31.4 Å². The summed E-state index contributed by atoms with van der Waals surface area (Å²) in [7, 11) is 0. The zero-order valence-electron chi connectivity index (χ0n) is 25.6. The van der Waals surface area contributed by atoms with Crippen LogP contribution in [0.15, 0.2) is 18.6 Å². The van der Waals surface area contributed by atoms with E-state index in [-0.39, 0.29) is 15.9 Å². The third kappa shape index (κ3) is 2.84. The minimum Gasteiger partial charge on any atom is -0.354 e. The maximum atomic E-state index is 12.8. The van der Waals surface area contributed by atoms with Crippen molar-refractivity contribution in [2.24, 2.45) is 5.92 Å². The van der Waals surface area contributed by atoms with Gasteiger partial charge in [-0.25, -0.2) is 16.5 Å². The maximum Gasteiger partial charge on any atom is 0.302 e. The summed E-state index contributed by atoms with van der Waals surface area (Å²) in [5.41, 5.74) is -0.145. The number of nitrogens with zero attached hydrogens (tertiary/aromatic N) is 5. The Labute approximate surface area is 154 Å². The quantitative estimate of drug-likeness (QED) is 0.869. The Kier molecular flexibility index (Phi) is 1.57. The van der Waals surface area contributed by atoms with Gasteiger partial charge in [0.15, 0.2) is 0 Å². The van der Waals surface area contributed by atoms with Gasteiger partial charge < -0.3 is 19.6 Å². The van der Waals surface area contributed by atoms with Crippen molar-refractivity contribution in [1.82, 2.24) is 19.9 Å². The largest absolute Gasteiger partial charge is 0.354 e. The number of amides is 1. The second-order valence-corrected chi connectivity index (χ2v) is 4.45. The summed E-state index contributed by atoms with van der Waals surface area (Å²) < 4.78 is 116. The van der Waals surface area contributed by atoms with Gasteiger partial charge in [-0.1, -0.05) is 6.85 Å². The van der Waals surface area contributed by atoms with Crippen LogP contribution in [0.4, 0.5) is 5.82 Å². The van der Waals surface area contributed by atoms with Crippen molar-refractivity contribution in [3.63, 3.8) is 0 Å². The molecule has 23 heavy (non-hydrogen) atoms. The van der Waals surface area contributed by atoms with E-state index >= 15 is 0 Å². The fourth-order valence-electron chi connectivity index (χ4n) is 1.95. The summed E-state index contributed by atoms with van der Waals surface area (Å²) in [5, 5.41) is -0.202. The monoisotopic (exact) mass is 326 g/mol. The standard InChI is InChI=1S/C16H20N6O/c1-11-5-7-22(14(23)8-17-2)9-13(11)21(3)16-12-4-6-18-15(12)19-10-20-16/h4,6,10-11,13H,5,7-9H2,1,3H3,(H,18,19,20)/t11-,13+/m1/s1/i1D3,3D3,5D2,7D2,9D2,10D,13D. The van der Waals surface area contributed by atoms with Crippen LogP contribution in [0, 0.1) is 12.5 Å². The Morgan fingerprint density at radius 3 is 3.48 bits per heavy atom. The van der Waals surface area contributed by atoms with Crippen molar-refractivity contribution < 1.29 is 24.0 Å². The van der Waals surface area contributed by atoms with Crippen molar-refractivity contribution in [3.8, 4) is 0 Å². The number of carbonyl (C=O) groups excluding carboxylic acids is 1. The lowest BCUT2D eigenvalue weighted by molar-refractivity contribution is -0.130. The SMILES string of the molecule is [2H]c1nc(N(C([2H])([2H])[2H])[C@]2([2H])[C@H](C([2H])([2H])[2H])C([2H])([2H])C([2H])([2H])N(C(=O)C[N+]#[C-])C2([2H])[2H])c2cc[nH]c2n1. The fraction of sp³-hybridized carbons (Fsp3) is 0.500. The van der Waals surface area contributed by atoms with Crippen molar-refractivity contribution in [2.45, 2.75) is 19.2 Å². The van der Waals surface area contributed by atoms with Crippen LogP contribution in [0.25, 0.3) is 15.9 Å². The van der Waals surface area contributed by atoms with Gasteiger partial charge in [-0.2, -0.15) is 0 Å². The van der Waals surface area contributed by atoms with Crippen molar-refractivity contribution >= 4 is 22.8 Å². The first-order valence-electron chi connectivity index (χ1n) is 13.4. The molecule has 0 spiro atoms. The second kappa shape index (κ2) is 6.24. The lowest BCUT2D eigenvalue weighted by atomic mass is 9.92. The maximum absolute atomic E-state index is 12.8. The number of piperidine rings is 1. The average Bonchev–Trinajstić information content (AvgIpc) is 3.12. The van der Waals surface area contributed by atoms with E-state index < -0.39 is 74.6 Å². The first-order valence-corrected chi connectivity index (χ1v) is 6.36. The lowest BCUT2D eigenvalue weighted by Gasteiger charge is -2.41. The normalized spacial score (nSPS) is 41.0. The van der Waals surface area contributed by atoms with Crippen molar-refractivity contribution in [3.05, 3.63) is 30.0 Å². The number of nitrogens with one attached hydrogen (secondary N) is 1. The molecule has 2 aromatic rings. The molecule has 0 unspecified atom stereocenters. The Morgan fingerprint density at radius 1 is 1.78 bits per heavy atom. The molecule has 2 atom stereocenters. The van der Waals surface area contributed by atoms with Crippen LogP contribution in [0.5, 0.6) is 0 Å². The summed E-state index contributed by atoms with van der Waals surface area (Å²) in [5.74, 6) is -5.54. The summed E-state index contributed by atoms with van der Waals surface area (Å²) in [6.45, 7) is -9.29. The van der Waals surface area contributed by atoms with Gasteiger partial charge in [-0.15, -0.1) is 0 Å². The highest BCUT2D eigenvalue weighted by Gasteiger charge is 2.33. The molecule has 120 valence electrons. The molecule has 3 rings (SSSR count). The molecule has 3 heterocycles. The van der Waals surface area contributed by atoms with Crippen LogP contribution < -0.4 is 4.90 Å². The van der Waals surface area contributed by atoms with E-state index in [1.165, 1.54) is 12.3 Å². The summed E-state index contributed by atoms with van der Waals surface area (Å²) in [4.78, 5) is 25.1. The summed E-state index contributed by atoms with van der Waals surface area (Å²) in [6, 6.07) is -2.63. The third-order valence-electron chi connectivity index (χ3n) is 3.02. The van der Waals surface area contributed by atoms with Gasteiger partial charge in [0, 0.05) is 39.9 Å². The van der Waals surface area contributed by atoms with Crippen LogP contribution in [0.1, 0.15) is 32.4 Å². The molecule has 0 bridgehead atoms. The lowest BCUT2D eigenvalue weighted by Crippen LogP contribution is -2.53. The van der Waals surface area contributed by atoms with Crippen LogP contribution in [-0.4, -0.2) is 58.3 Å². The van der Waals surface area contributed by atoms with Gasteiger partial charge in [0.25, 0.3) is 6.54 Å². The number of hydrogen-bond acceptors (Lipinski definition) is 4. The van der Waals surface area contributed by atoms with E-state index in [4.69, 9.17) is 24.4 Å². The zero-order chi connectivity index (χ0) is 28.6. The fourth-order valence-corrected chi connectivity index (χ4v) is 1.95. The van der Waals surface area contributed by atoms with Crippen LogP contribution in [0.2, 0.25) is 0 Å². The number of likely N-dealkylation sites (N-methyl/N-ethyl adjacent to an activating group) is 1. The van der Waals surface area contributed by atoms with Gasteiger partial charge in [0.05, 0.1) is 15.5 Å². The average molecular weight is 326 g/mol. The molecule has 7 nitrogen and oxygen atoms in total. The minimum atomic E-state index is -3.90. The number of fused-ring (bicyclic) bond motifs is 1. The summed E-state index contributed by atoms with van der Waals surface area (Å²) in [6.07, 6.45) is -3.35. The number of rotatable bonds is 3. The molecule has 7 heteroatoms. The molecular weight excluding hydrogens is 292 g/mol. The third-order valence-corrected chi connectivity index (χ3v) is 3.02. The predicted octanol–water partition coefficient (Wildman–Crippen LogP) is 1.55. The molecular formula is C16H20N6O. The van der Waals surface area contributed by atoms with Gasteiger partial charge in [0.1, 0.15) is 19.1 Å². The molecule has 0 radical (unpaired) electrons. The number of H-pyrrole nitrogens is 1. The number of hydrogen-bond donors (Lipinski definition) is 1. The van der Waals surface area contributed by atoms with E-state index in [1.807, 2.05) is 0 Å². The van der Waals surface area contributed by atoms with Gasteiger partial charge in [0.2, 0.25) is 0 Å². The molecule has 2 aromatic heterocycles. The number of likely N-dealkylation sites (tertiary alicyclic amines) is 1. The highest BCUT2D eigenvalue weighted by atomic mass is 16.2. The first-order chi connectivity index (χ1) is 16.6. The molecule has 1 aliphatic heterocycles. The Morgan fingerprint density at radius 2 is 2.70 bits per heavy atom. The Bertz CT molecular complexity index is 1260. The Hall–Kier alpha value is -2.62. The first kappa shape index (κ1) is 5.78. The molecule has 1 fully saturated rings. The van der Waals surface area contributed by atoms with Gasteiger partial charge >= 0.3 is 5.91 Å². The minimum absolute atomic E-state index is 0.127. The van der Waals surface area contributed by atoms with E-state index in [9.17, 15) is 6.17 Å². The molecule has 0 aromatic carbocycles. The van der Waals surface area contributed by atoms with E-state index in [0.717, 1.165) is 0 Å². The van der Waals surface area contributed by atoms with Crippen molar-refractivity contribution in [1.29, 1.82) is 0 Å². The van der Waals surface area contributed by atoms with E-state index in [2.05, 4.69) is 19.8 Å². The number of carbonyl (C=O) groups is 1. The zero-order valence-corrected chi connectivity index (χ0v) is 11.6. The highest BCUT2D eigenvalue weighted by Crippen LogP contribution is 2.28. The second-order valence-electron chi connectivity index (χ2n) is 4.45. The number of aromatic amines is 1. The van der Waals surface area contributed by atoms with Crippen LogP contribution in [-0.2, 0) is 4.79 Å². The molecule has 1 saturated heterocycles. The van der Waals surface area contributed by atoms with Crippen LogP contribution in [0.3, 0.4) is 0 Å².